The van der Waals surface area contributed by atoms with E-state index in [1.54, 1.807) is 12.1 Å². The van der Waals surface area contributed by atoms with Gasteiger partial charge in [-0.05, 0) is 48.7 Å². The monoisotopic (exact) mass is 476 g/mol. The molecule has 3 N–H and O–H groups in total. The van der Waals surface area contributed by atoms with Gasteiger partial charge < -0.3 is 25.4 Å². The fourth-order valence-electron chi connectivity index (χ4n) is 3.26. The fourth-order valence-corrected chi connectivity index (χ4v) is 3.26. The average Bonchev–Trinajstić information content (AvgIpc) is 3.65. The quantitative estimate of drug-likeness (QED) is 0.451. The van der Waals surface area contributed by atoms with Crippen LogP contribution in [0.3, 0.4) is 0 Å². The molecular formula is C24H21FN6O4. The van der Waals surface area contributed by atoms with E-state index < -0.39 is 17.4 Å². The number of hydrogen-bond donors (Lipinski definition) is 3. The predicted molar refractivity (Wildman–Crippen MR) is 122 cm³/mol. The minimum absolute atomic E-state index is 0.121. The summed E-state index contributed by atoms with van der Waals surface area (Å²) in [6, 6.07) is 13.2. The molecule has 11 heteroatoms. The lowest BCUT2D eigenvalue weighted by Gasteiger charge is -2.17. The van der Waals surface area contributed by atoms with Crippen LogP contribution in [0.5, 0.6) is 11.8 Å². The number of nitriles is 1. The molecule has 4 rings (SSSR count). The number of aromatic nitrogens is 2. The standard InChI is InChI=1S/C24H21FN6O4/c1-34-22-28-13-19(14-29-22)35-23(33)31-24(8-9-24)21(32)27-12-15-2-5-18(6-3-15)30-20-7-4-17(25)10-16(20)11-26/h2-7,10,13-14,30H,8-9,12H2,1H3,(H,27,32)(H,31,33). The summed E-state index contributed by atoms with van der Waals surface area (Å²) in [4.78, 5) is 32.6. The van der Waals surface area contributed by atoms with Crippen LogP contribution in [0, 0.1) is 17.1 Å². The van der Waals surface area contributed by atoms with Crippen molar-refractivity contribution in [3.63, 3.8) is 0 Å². The predicted octanol–water partition coefficient (Wildman–Crippen LogP) is 3.18. The normalized spacial score (nSPS) is 13.2. The average molecular weight is 476 g/mol. The Kier molecular flexibility index (Phi) is 6.73. The number of rotatable bonds is 8. The van der Waals surface area contributed by atoms with E-state index in [-0.39, 0.29) is 29.8 Å². The van der Waals surface area contributed by atoms with Gasteiger partial charge in [0.05, 0.1) is 30.8 Å². The Hall–Kier alpha value is -4.72. The molecule has 2 amide bonds. The Morgan fingerprint density at radius 2 is 1.86 bits per heavy atom. The number of anilines is 2. The highest BCUT2D eigenvalue weighted by Crippen LogP contribution is 2.36. The summed E-state index contributed by atoms with van der Waals surface area (Å²) < 4.78 is 23.3. The second kappa shape index (κ2) is 10.0. The molecule has 0 bridgehead atoms. The largest absolute Gasteiger partial charge is 0.467 e. The first-order valence-corrected chi connectivity index (χ1v) is 10.6. The van der Waals surface area contributed by atoms with E-state index in [2.05, 4.69) is 25.9 Å². The zero-order chi connectivity index (χ0) is 24.8. The Morgan fingerprint density at radius 1 is 1.14 bits per heavy atom. The number of ether oxygens (including phenoxy) is 2. The summed E-state index contributed by atoms with van der Waals surface area (Å²) in [5, 5.41) is 17.7. The third kappa shape index (κ3) is 5.80. The molecule has 3 aromatic rings. The summed E-state index contributed by atoms with van der Waals surface area (Å²) in [5.74, 6) is -0.674. The van der Waals surface area contributed by atoms with Gasteiger partial charge in [0, 0.05) is 12.2 Å². The van der Waals surface area contributed by atoms with E-state index in [4.69, 9.17) is 14.7 Å². The molecule has 0 aliphatic heterocycles. The molecular weight excluding hydrogens is 455 g/mol. The third-order valence-electron chi connectivity index (χ3n) is 5.31. The molecule has 1 aliphatic carbocycles. The van der Waals surface area contributed by atoms with Gasteiger partial charge in [-0.25, -0.2) is 9.18 Å². The van der Waals surface area contributed by atoms with Crippen molar-refractivity contribution in [2.45, 2.75) is 24.9 Å². The van der Waals surface area contributed by atoms with Crippen LogP contribution in [0.1, 0.15) is 24.0 Å². The highest BCUT2D eigenvalue weighted by molar-refractivity contribution is 5.93. The molecule has 1 aromatic heterocycles. The lowest BCUT2D eigenvalue weighted by molar-refractivity contribution is -0.124. The van der Waals surface area contributed by atoms with Crippen LogP contribution in [-0.2, 0) is 11.3 Å². The lowest BCUT2D eigenvalue weighted by atomic mass is 10.1. The Balaban J connectivity index is 1.28. The fraction of sp³-hybridized carbons (Fsp3) is 0.208. The molecule has 2 aromatic carbocycles. The van der Waals surface area contributed by atoms with Gasteiger partial charge in [0.25, 0.3) is 0 Å². The van der Waals surface area contributed by atoms with Gasteiger partial charge in [-0.2, -0.15) is 15.2 Å². The first-order valence-electron chi connectivity index (χ1n) is 10.6. The van der Waals surface area contributed by atoms with Gasteiger partial charge in [-0.1, -0.05) is 12.1 Å². The maximum Gasteiger partial charge on any atom is 0.413 e. The molecule has 1 fully saturated rings. The molecule has 0 radical (unpaired) electrons. The molecule has 1 aliphatic rings. The first-order chi connectivity index (χ1) is 16.9. The number of nitrogens with one attached hydrogen (secondary N) is 3. The molecule has 0 spiro atoms. The lowest BCUT2D eigenvalue weighted by Crippen LogP contribution is -2.49. The van der Waals surface area contributed by atoms with Crippen molar-refractivity contribution in [3.8, 4) is 17.8 Å². The summed E-state index contributed by atoms with van der Waals surface area (Å²) >= 11 is 0. The van der Waals surface area contributed by atoms with Gasteiger partial charge in [-0.3, -0.25) is 4.79 Å². The van der Waals surface area contributed by atoms with Crippen molar-refractivity contribution < 1.29 is 23.5 Å². The first kappa shape index (κ1) is 23.4. The molecule has 35 heavy (non-hydrogen) atoms. The second-order valence-corrected chi connectivity index (χ2v) is 7.81. The Morgan fingerprint density at radius 3 is 2.49 bits per heavy atom. The number of methoxy groups -OCH3 is 1. The molecule has 1 saturated carbocycles. The van der Waals surface area contributed by atoms with Gasteiger partial charge in [0.1, 0.15) is 17.4 Å². The van der Waals surface area contributed by atoms with Crippen LogP contribution >= 0.6 is 0 Å². The molecule has 178 valence electrons. The molecule has 0 unspecified atom stereocenters. The number of halogens is 1. The number of hydrogen-bond acceptors (Lipinski definition) is 8. The van der Waals surface area contributed by atoms with Gasteiger partial charge in [0.15, 0.2) is 5.75 Å². The third-order valence-corrected chi connectivity index (χ3v) is 5.31. The van der Waals surface area contributed by atoms with E-state index in [9.17, 15) is 14.0 Å². The minimum Gasteiger partial charge on any atom is -0.467 e. The Bertz CT molecular complexity index is 1270. The van der Waals surface area contributed by atoms with E-state index >= 15 is 0 Å². The second-order valence-electron chi connectivity index (χ2n) is 7.81. The maximum absolute atomic E-state index is 13.3. The van der Waals surface area contributed by atoms with Gasteiger partial charge in [-0.15, -0.1) is 0 Å². The highest BCUT2D eigenvalue weighted by atomic mass is 19.1. The zero-order valence-corrected chi connectivity index (χ0v) is 18.7. The van der Waals surface area contributed by atoms with Crippen molar-refractivity contribution in [2.24, 2.45) is 0 Å². The van der Waals surface area contributed by atoms with Crippen molar-refractivity contribution in [2.75, 3.05) is 12.4 Å². The van der Waals surface area contributed by atoms with Crippen LogP contribution in [-0.4, -0.2) is 34.6 Å². The van der Waals surface area contributed by atoms with Crippen LogP contribution in [0.25, 0.3) is 0 Å². The van der Waals surface area contributed by atoms with Gasteiger partial charge in [0.2, 0.25) is 5.91 Å². The summed E-state index contributed by atoms with van der Waals surface area (Å²) in [5.41, 5.74) is 1.21. The zero-order valence-electron chi connectivity index (χ0n) is 18.7. The van der Waals surface area contributed by atoms with E-state index in [0.29, 0.717) is 24.2 Å². The van der Waals surface area contributed by atoms with Crippen LogP contribution < -0.4 is 25.4 Å². The van der Waals surface area contributed by atoms with Crippen molar-refractivity contribution in [3.05, 3.63) is 71.8 Å². The summed E-state index contributed by atoms with van der Waals surface area (Å²) in [6.45, 7) is 0.254. The van der Waals surface area contributed by atoms with Crippen LogP contribution in [0.4, 0.5) is 20.6 Å². The highest BCUT2D eigenvalue weighted by Gasteiger charge is 2.51. The van der Waals surface area contributed by atoms with Crippen molar-refractivity contribution >= 4 is 23.4 Å². The SMILES string of the molecule is COc1ncc(OC(=O)NC2(C(=O)NCc3ccc(Nc4ccc(F)cc4C#N)cc3)CC2)cn1. The molecule has 1 heterocycles. The number of nitrogens with zero attached hydrogens (tertiary/aromatic N) is 3. The van der Waals surface area contributed by atoms with E-state index in [1.807, 2.05) is 18.2 Å². The Labute approximate surface area is 200 Å². The molecule has 10 nitrogen and oxygen atoms in total. The van der Waals surface area contributed by atoms with Gasteiger partial charge >= 0.3 is 12.1 Å². The number of carbonyl (C=O) groups excluding carboxylic acids is 2. The number of benzene rings is 2. The molecule has 0 atom stereocenters. The summed E-state index contributed by atoms with van der Waals surface area (Å²) in [6.07, 6.45) is 2.80. The van der Waals surface area contributed by atoms with Crippen LogP contribution in [0.2, 0.25) is 0 Å². The van der Waals surface area contributed by atoms with Crippen molar-refractivity contribution in [1.82, 2.24) is 20.6 Å². The topological polar surface area (TPSA) is 138 Å². The van der Waals surface area contributed by atoms with Crippen LogP contribution in [0.15, 0.2) is 54.9 Å². The smallest absolute Gasteiger partial charge is 0.413 e. The minimum atomic E-state index is -1.01. The van der Waals surface area contributed by atoms with Crippen molar-refractivity contribution in [1.29, 1.82) is 5.26 Å². The summed E-state index contributed by atoms with van der Waals surface area (Å²) in [7, 11) is 1.42. The molecule has 0 saturated heterocycles. The number of amides is 2. The van der Waals surface area contributed by atoms with E-state index in [1.165, 1.54) is 31.6 Å². The maximum atomic E-state index is 13.3. The van der Waals surface area contributed by atoms with E-state index in [0.717, 1.165) is 11.6 Å². The number of carbonyl (C=O) groups is 2.